The van der Waals surface area contributed by atoms with Crippen molar-refractivity contribution in [3.8, 4) is 0 Å². The monoisotopic (exact) mass is 173 g/mol. The van der Waals surface area contributed by atoms with Crippen molar-refractivity contribution in [2.75, 3.05) is 19.8 Å². The third kappa shape index (κ3) is 3.09. The van der Waals surface area contributed by atoms with E-state index in [2.05, 4.69) is 0 Å². The lowest BCUT2D eigenvalue weighted by Crippen LogP contribution is -2.36. The van der Waals surface area contributed by atoms with Crippen LogP contribution in [0.4, 0.5) is 0 Å². The summed E-state index contributed by atoms with van der Waals surface area (Å²) in [6.45, 7) is 1.87. The quantitative estimate of drug-likeness (QED) is 0.575. The number of nitrogens with two attached hydrogens (primary N) is 1. The number of unbranched alkanes of at least 4 members (excludes halogenated alkanes) is 1. The van der Waals surface area contributed by atoms with Gasteiger partial charge in [-0.25, -0.2) is 0 Å². The summed E-state index contributed by atoms with van der Waals surface area (Å²) in [7, 11) is 0. The van der Waals surface area contributed by atoms with E-state index in [-0.39, 0.29) is 6.61 Å². The second kappa shape index (κ2) is 5.51. The molecule has 3 nitrogen and oxygen atoms in total. The first kappa shape index (κ1) is 9.96. The maximum absolute atomic E-state index is 8.51. The largest absolute Gasteiger partial charge is 0.396 e. The van der Waals surface area contributed by atoms with Crippen molar-refractivity contribution in [2.24, 2.45) is 11.7 Å². The number of hydrogen-bond acceptors (Lipinski definition) is 3. The molecule has 0 unspecified atom stereocenters. The minimum atomic E-state index is 0.277. The molecule has 72 valence electrons. The van der Waals surface area contributed by atoms with Crippen molar-refractivity contribution in [3.05, 3.63) is 0 Å². The summed E-state index contributed by atoms with van der Waals surface area (Å²) in [6, 6.07) is 0. The molecule has 1 saturated carbocycles. The zero-order chi connectivity index (χ0) is 8.81. The highest BCUT2D eigenvalue weighted by Gasteiger charge is 2.27. The van der Waals surface area contributed by atoms with Crippen molar-refractivity contribution < 1.29 is 9.84 Å². The molecule has 0 bridgehead atoms. The van der Waals surface area contributed by atoms with Crippen molar-refractivity contribution in [1.82, 2.24) is 0 Å². The molecule has 0 spiro atoms. The lowest BCUT2D eigenvalue weighted by atomic mass is 9.82. The van der Waals surface area contributed by atoms with E-state index in [0.717, 1.165) is 38.8 Å². The van der Waals surface area contributed by atoms with E-state index in [1.165, 1.54) is 0 Å². The molecule has 1 aliphatic rings. The van der Waals surface area contributed by atoms with E-state index in [9.17, 15) is 0 Å². The summed E-state index contributed by atoms with van der Waals surface area (Å²) >= 11 is 0. The Hall–Kier alpha value is -0.120. The molecule has 1 rings (SSSR count). The Labute approximate surface area is 73.9 Å². The lowest BCUT2D eigenvalue weighted by molar-refractivity contribution is -0.0298. The van der Waals surface area contributed by atoms with Crippen LogP contribution in [0, 0.1) is 5.92 Å². The van der Waals surface area contributed by atoms with Crippen LogP contribution in [0.15, 0.2) is 0 Å². The molecule has 0 aromatic rings. The van der Waals surface area contributed by atoms with Crippen molar-refractivity contribution in [2.45, 2.75) is 31.8 Å². The number of hydrogen-bond donors (Lipinski definition) is 2. The molecule has 0 heterocycles. The van der Waals surface area contributed by atoms with Gasteiger partial charge in [-0.2, -0.15) is 0 Å². The van der Waals surface area contributed by atoms with Gasteiger partial charge in [0.1, 0.15) is 0 Å². The normalized spacial score (nSPS) is 28.5. The molecule has 1 fully saturated rings. The Morgan fingerprint density at radius 3 is 2.67 bits per heavy atom. The molecular weight excluding hydrogens is 154 g/mol. The van der Waals surface area contributed by atoms with Crippen LogP contribution in [0.25, 0.3) is 0 Å². The molecule has 0 aliphatic heterocycles. The van der Waals surface area contributed by atoms with Crippen molar-refractivity contribution in [3.63, 3.8) is 0 Å². The predicted octanol–water partition coefficient (Wildman–Crippen LogP) is 0.513. The third-order valence-electron chi connectivity index (χ3n) is 2.43. The fourth-order valence-corrected chi connectivity index (χ4v) is 1.47. The molecular formula is C9H19NO2. The minimum absolute atomic E-state index is 0.277. The molecule has 0 radical (unpaired) electrons. The minimum Gasteiger partial charge on any atom is -0.396 e. The summed E-state index contributed by atoms with van der Waals surface area (Å²) < 4.78 is 5.55. The van der Waals surface area contributed by atoms with Gasteiger partial charge in [0, 0.05) is 13.2 Å². The molecule has 0 aromatic heterocycles. The van der Waals surface area contributed by atoms with Crippen LogP contribution in [0.2, 0.25) is 0 Å². The van der Waals surface area contributed by atoms with Gasteiger partial charge in [0.05, 0.1) is 6.10 Å². The van der Waals surface area contributed by atoms with Crippen LogP contribution in [0.3, 0.4) is 0 Å². The average molecular weight is 173 g/mol. The van der Waals surface area contributed by atoms with Gasteiger partial charge in [0.15, 0.2) is 0 Å². The summed E-state index contributed by atoms with van der Waals surface area (Å²) in [5.74, 6) is 0.702. The molecule has 0 atom stereocenters. The molecule has 1 aliphatic carbocycles. The van der Waals surface area contributed by atoms with Gasteiger partial charge in [-0.05, 0) is 38.1 Å². The van der Waals surface area contributed by atoms with Crippen LogP contribution in [-0.2, 0) is 4.74 Å². The highest BCUT2D eigenvalue weighted by Crippen LogP contribution is 2.28. The summed E-state index contributed by atoms with van der Waals surface area (Å²) in [6.07, 6.45) is 4.55. The van der Waals surface area contributed by atoms with Gasteiger partial charge in [-0.1, -0.05) is 0 Å². The standard InChI is InChI=1S/C9H19NO2/c10-7-8-5-9(6-8)12-4-2-1-3-11/h8-9,11H,1-7,10H2. The van der Waals surface area contributed by atoms with Gasteiger partial charge >= 0.3 is 0 Å². The zero-order valence-electron chi connectivity index (χ0n) is 7.54. The van der Waals surface area contributed by atoms with E-state index in [1.807, 2.05) is 0 Å². The smallest absolute Gasteiger partial charge is 0.0581 e. The Morgan fingerprint density at radius 2 is 2.08 bits per heavy atom. The van der Waals surface area contributed by atoms with Gasteiger partial charge in [-0.15, -0.1) is 0 Å². The Bertz CT molecular complexity index is 113. The molecule has 3 N–H and O–H groups in total. The summed E-state index contributed by atoms with van der Waals surface area (Å²) in [5, 5.41) is 8.51. The zero-order valence-corrected chi connectivity index (χ0v) is 7.54. The van der Waals surface area contributed by atoms with Crippen LogP contribution < -0.4 is 5.73 Å². The first-order valence-electron chi connectivity index (χ1n) is 4.79. The van der Waals surface area contributed by atoms with Crippen molar-refractivity contribution in [1.29, 1.82) is 0 Å². The highest BCUT2D eigenvalue weighted by molar-refractivity contribution is 4.80. The summed E-state index contributed by atoms with van der Waals surface area (Å²) in [5.41, 5.74) is 5.48. The van der Waals surface area contributed by atoms with E-state index in [0.29, 0.717) is 12.0 Å². The maximum Gasteiger partial charge on any atom is 0.0581 e. The SMILES string of the molecule is NCC1CC(OCCCCO)C1. The Balaban J connectivity index is 1.83. The van der Waals surface area contributed by atoms with Gasteiger partial charge in [0.25, 0.3) is 0 Å². The van der Waals surface area contributed by atoms with Gasteiger partial charge in [-0.3, -0.25) is 0 Å². The topological polar surface area (TPSA) is 55.5 Å². The molecule has 12 heavy (non-hydrogen) atoms. The Morgan fingerprint density at radius 1 is 1.33 bits per heavy atom. The second-order valence-corrected chi connectivity index (χ2v) is 3.50. The lowest BCUT2D eigenvalue weighted by Gasteiger charge is -2.34. The third-order valence-corrected chi connectivity index (χ3v) is 2.43. The van der Waals surface area contributed by atoms with Crippen LogP contribution >= 0.6 is 0 Å². The number of aliphatic hydroxyl groups excluding tert-OH is 1. The van der Waals surface area contributed by atoms with E-state index in [4.69, 9.17) is 15.6 Å². The van der Waals surface area contributed by atoms with Crippen LogP contribution in [-0.4, -0.2) is 31.0 Å². The number of ether oxygens (including phenoxy) is 1. The maximum atomic E-state index is 8.51. The fraction of sp³-hybridized carbons (Fsp3) is 1.00. The second-order valence-electron chi connectivity index (χ2n) is 3.50. The van der Waals surface area contributed by atoms with Crippen molar-refractivity contribution >= 4 is 0 Å². The fourth-order valence-electron chi connectivity index (χ4n) is 1.47. The van der Waals surface area contributed by atoms with E-state index in [1.54, 1.807) is 0 Å². The van der Waals surface area contributed by atoms with Gasteiger partial charge < -0.3 is 15.6 Å². The summed E-state index contributed by atoms with van der Waals surface area (Å²) in [4.78, 5) is 0. The van der Waals surface area contributed by atoms with Crippen LogP contribution in [0.5, 0.6) is 0 Å². The number of rotatable bonds is 6. The average Bonchev–Trinajstić information content (AvgIpc) is 2.01. The molecule has 0 amide bonds. The van der Waals surface area contributed by atoms with E-state index < -0.39 is 0 Å². The van der Waals surface area contributed by atoms with E-state index >= 15 is 0 Å². The van der Waals surface area contributed by atoms with Gasteiger partial charge in [0.2, 0.25) is 0 Å². The molecule has 0 saturated heterocycles. The molecule has 0 aromatic carbocycles. The van der Waals surface area contributed by atoms with Crippen LogP contribution in [0.1, 0.15) is 25.7 Å². The molecule has 3 heteroatoms. The Kier molecular flexibility index (Phi) is 4.58. The number of aliphatic hydroxyl groups is 1. The first-order chi connectivity index (χ1) is 5.86. The highest BCUT2D eigenvalue weighted by atomic mass is 16.5. The first-order valence-corrected chi connectivity index (χ1v) is 4.79. The predicted molar refractivity (Wildman–Crippen MR) is 47.8 cm³/mol.